The van der Waals surface area contributed by atoms with E-state index < -0.39 is 39.4 Å². The molecule has 1 aliphatic heterocycles. The maximum atomic E-state index is 13.8. The van der Waals surface area contributed by atoms with Crippen LogP contribution in [0.15, 0.2) is 63.8 Å². The monoisotopic (exact) mass is 665 g/mol. The number of halogens is 3. The number of carbonyl (C=O) groups excluding carboxylic acids is 2. The highest BCUT2D eigenvalue weighted by atomic mass is 35.5. The van der Waals surface area contributed by atoms with E-state index in [0.29, 0.717) is 46.0 Å². The zero-order valence-corrected chi connectivity index (χ0v) is 27.0. The van der Waals surface area contributed by atoms with Crippen molar-refractivity contribution in [1.29, 1.82) is 0 Å². The van der Waals surface area contributed by atoms with Gasteiger partial charge in [-0.2, -0.15) is 8.42 Å². The largest absolute Gasteiger partial charge is 0.480 e. The Morgan fingerprint density at radius 3 is 1.79 bits per heavy atom. The third-order valence-corrected chi connectivity index (χ3v) is 10.0. The second-order valence-corrected chi connectivity index (χ2v) is 15.6. The lowest BCUT2D eigenvalue weighted by atomic mass is 9.63. The summed E-state index contributed by atoms with van der Waals surface area (Å²) in [6.45, 7) is 7.40. The highest BCUT2D eigenvalue weighted by Gasteiger charge is 2.49. The molecule has 0 aromatic heterocycles. The minimum Gasteiger partial charge on any atom is -0.480 e. The summed E-state index contributed by atoms with van der Waals surface area (Å²) < 4.78 is 31.3. The molecule has 0 fully saturated rings. The first-order valence-corrected chi connectivity index (χ1v) is 16.1. The van der Waals surface area contributed by atoms with Crippen molar-refractivity contribution in [2.45, 2.75) is 64.2 Å². The molecular weight excluding hydrogens is 637 g/mol. The highest BCUT2D eigenvalue weighted by Crippen LogP contribution is 2.55. The Balaban J connectivity index is 1.68. The third kappa shape index (κ3) is 6.10. The highest BCUT2D eigenvalue weighted by molar-refractivity contribution is 7.87. The number of nitrogens with zero attached hydrogens (tertiary/aromatic N) is 1. The van der Waals surface area contributed by atoms with Crippen LogP contribution in [-0.4, -0.2) is 42.5 Å². The van der Waals surface area contributed by atoms with Crippen LogP contribution in [0, 0.1) is 10.8 Å². The second-order valence-electron chi connectivity index (χ2n) is 12.8. The summed E-state index contributed by atoms with van der Waals surface area (Å²) in [7, 11) is -4.33. The van der Waals surface area contributed by atoms with Crippen molar-refractivity contribution >= 4 is 62.5 Å². The van der Waals surface area contributed by atoms with E-state index >= 15 is 0 Å². The third-order valence-electron chi connectivity index (χ3n) is 7.96. The fourth-order valence-electron chi connectivity index (χ4n) is 6.29. The van der Waals surface area contributed by atoms with Crippen molar-refractivity contribution in [3.05, 3.63) is 79.6 Å². The van der Waals surface area contributed by atoms with Gasteiger partial charge in [-0.05, 0) is 65.6 Å². The topological polar surface area (TPSA) is 118 Å². The summed E-state index contributed by atoms with van der Waals surface area (Å²) in [6, 6.07) is 8.28. The van der Waals surface area contributed by atoms with Gasteiger partial charge in [-0.3, -0.25) is 14.4 Å². The van der Waals surface area contributed by atoms with E-state index in [1.165, 1.54) is 36.4 Å². The first-order chi connectivity index (χ1) is 19.9. The van der Waals surface area contributed by atoms with Gasteiger partial charge in [0, 0.05) is 46.3 Å². The maximum Gasteiger partial charge on any atom is 0.339 e. The van der Waals surface area contributed by atoms with Gasteiger partial charge in [-0.25, -0.2) is 0 Å². The fourth-order valence-corrected chi connectivity index (χ4v) is 8.06. The molecule has 0 unspecified atom stereocenters. The number of hydrogen-bond donors (Lipinski definition) is 1. The number of rotatable bonds is 6. The van der Waals surface area contributed by atoms with Crippen molar-refractivity contribution in [3.63, 3.8) is 0 Å². The quantitative estimate of drug-likeness (QED) is 0.322. The van der Waals surface area contributed by atoms with E-state index in [1.54, 1.807) is 4.90 Å². The zero-order chi connectivity index (χ0) is 31.6. The van der Waals surface area contributed by atoms with E-state index in [0.717, 1.165) is 0 Å². The lowest BCUT2D eigenvalue weighted by molar-refractivity contribution is -0.138. The summed E-state index contributed by atoms with van der Waals surface area (Å²) in [6.07, 6.45) is 1.25. The van der Waals surface area contributed by atoms with Crippen LogP contribution in [0.4, 0.5) is 0 Å². The summed E-state index contributed by atoms with van der Waals surface area (Å²) in [5, 5.41) is 9.93. The predicted octanol–water partition coefficient (Wildman–Crippen LogP) is 7.18. The molecule has 1 N–H and O–H groups in total. The number of allylic oxidation sites excluding steroid dienone is 4. The van der Waals surface area contributed by atoms with E-state index in [9.17, 15) is 27.9 Å². The molecule has 0 radical (unpaired) electrons. The molecule has 0 saturated heterocycles. The van der Waals surface area contributed by atoms with Crippen molar-refractivity contribution < 1.29 is 32.1 Å². The molecule has 8 nitrogen and oxygen atoms in total. The number of aliphatic carboxylic acids is 1. The number of hydrogen-bond acceptors (Lipinski definition) is 7. The molecular formula is C31H30Cl3NO7S. The molecule has 228 valence electrons. The van der Waals surface area contributed by atoms with Crippen LogP contribution in [0.5, 0.6) is 5.75 Å². The molecule has 0 bridgehead atoms. The number of carbonyl (C=O) groups is 3. The van der Waals surface area contributed by atoms with Crippen molar-refractivity contribution in [2.75, 3.05) is 6.54 Å². The summed E-state index contributed by atoms with van der Waals surface area (Å²) in [5.41, 5.74) is 1.33. The van der Waals surface area contributed by atoms with E-state index in [-0.39, 0.29) is 45.1 Å². The number of benzene rings is 2. The van der Waals surface area contributed by atoms with Gasteiger partial charge >= 0.3 is 16.1 Å². The van der Waals surface area contributed by atoms with E-state index in [4.69, 9.17) is 39.0 Å². The number of carboxylic acids is 1. The minimum absolute atomic E-state index is 0.135. The van der Waals surface area contributed by atoms with Gasteiger partial charge in [0.25, 0.3) is 0 Å². The molecule has 12 heteroatoms. The van der Waals surface area contributed by atoms with E-state index in [2.05, 4.69) is 0 Å². The van der Waals surface area contributed by atoms with Gasteiger partial charge < -0.3 is 14.2 Å². The van der Waals surface area contributed by atoms with Gasteiger partial charge in [-0.1, -0.05) is 62.5 Å². The molecule has 0 saturated carbocycles. The molecule has 0 spiro atoms. The van der Waals surface area contributed by atoms with E-state index in [1.807, 2.05) is 27.7 Å². The summed E-state index contributed by atoms with van der Waals surface area (Å²) in [4.78, 5) is 41.2. The Bertz CT molecular complexity index is 1660. The second kappa shape index (κ2) is 10.9. The van der Waals surface area contributed by atoms with Crippen molar-refractivity contribution in [1.82, 2.24) is 4.90 Å². The SMILES string of the molecule is CC1(C)CC(=O)C2=C(C1)N(CC(=O)O)C1=C(C(=O)CC(C)(C)C1)C2c1cc(Cl)c(OS(=O)(=O)c2ccc(Cl)cc2)c(Cl)c1. The molecule has 2 aliphatic carbocycles. The molecule has 0 amide bonds. The molecule has 1 heterocycles. The molecule has 5 rings (SSSR count). The normalized spacial score (nSPS) is 20.2. The lowest BCUT2D eigenvalue weighted by Crippen LogP contribution is -2.45. The molecule has 43 heavy (non-hydrogen) atoms. The number of carboxylic acid groups (broad SMARTS) is 1. The van der Waals surface area contributed by atoms with Crippen molar-refractivity contribution in [2.24, 2.45) is 10.8 Å². The smallest absolute Gasteiger partial charge is 0.339 e. The lowest BCUT2D eigenvalue weighted by Gasteiger charge is -2.48. The van der Waals surface area contributed by atoms with Gasteiger partial charge in [0.15, 0.2) is 17.3 Å². The predicted molar refractivity (Wildman–Crippen MR) is 163 cm³/mol. The van der Waals surface area contributed by atoms with Gasteiger partial charge in [0.1, 0.15) is 11.4 Å². The van der Waals surface area contributed by atoms with Crippen molar-refractivity contribution in [3.8, 4) is 5.75 Å². The first kappa shape index (κ1) is 31.6. The minimum atomic E-state index is -4.33. The molecule has 2 aromatic carbocycles. The Kier molecular flexibility index (Phi) is 8.04. The standard InChI is InChI=1S/C31H30Cl3NO7S/c1-30(2)11-21-27(23(36)13-30)26(28-22(35(21)15-25(38)39)12-31(3,4)14-24(28)37)16-9-19(33)29(20(34)10-16)42-43(40,41)18-7-5-17(32)6-8-18/h5-10,26H,11-15H2,1-4H3,(H,38,39). The zero-order valence-electron chi connectivity index (χ0n) is 24.0. The number of ketones is 2. The molecule has 0 atom stereocenters. The van der Waals surface area contributed by atoms with Gasteiger partial charge in [-0.15, -0.1) is 0 Å². The van der Waals surface area contributed by atoms with Crippen LogP contribution in [0.2, 0.25) is 15.1 Å². The first-order valence-electron chi connectivity index (χ1n) is 13.6. The Labute approximate surface area is 265 Å². The summed E-state index contributed by atoms with van der Waals surface area (Å²) in [5.74, 6) is -2.65. The van der Waals surface area contributed by atoms with Gasteiger partial charge in [0.05, 0.1) is 10.0 Å². The fraction of sp³-hybridized carbons (Fsp3) is 0.387. The van der Waals surface area contributed by atoms with Crippen LogP contribution < -0.4 is 4.18 Å². The van der Waals surface area contributed by atoms with Crippen LogP contribution in [0.1, 0.15) is 64.9 Å². The van der Waals surface area contributed by atoms with Crippen LogP contribution in [0.25, 0.3) is 0 Å². The average Bonchev–Trinajstić information content (AvgIpc) is 2.85. The van der Waals surface area contributed by atoms with Crippen LogP contribution >= 0.6 is 34.8 Å². The van der Waals surface area contributed by atoms with Crippen LogP contribution in [0.3, 0.4) is 0 Å². The van der Waals surface area contributed by atoms with Gasteiger partial charge in [0.2, 0.25) is 0 Å². The summed E-state index contributed by atoms with van der Waals surface area (Å²) >= 11 is 19.1. The molecule has 2 aromatic rings. The average molecular weight is 667 g/mol. The number of Topliss-reactive ketones (excluding diaryl/α,β-unsaturated/α-hetero) is 2. The van der Waals surface area contributed by atoms with Crippen LogP contribution in [-0.2, 0) is 24.5 Å². The Hall–Kier alpha value is -2.85. The Morgan fingerprint density at radius 2 is 1.35 bits per heavy atom. The maximum absolute atomic E-state index is 13.8. The Morgan fingerprint density at radius 1 is 0.884 bits per heavy atom. The molecule has 3 aliphatic rings.